The average molecular weight is 168 g/mol. The SMILES string of the molecule is CC(C)(CN)c1cc(F)ccn1. The van der Waals surface area contributed by atoms with Crippen molar-refractivity contribution in [2.24, 2.45) is 5.73 Å². The molecule has 2 N–H and O–H groups in total. The Balaban J connectivity index is 3.03. The first-order valence-corrected chi connectivity index (χ1v) is 3.88. The maximum absolute atomic E-state index is 12.8. The van der Waals surface area contributed by atoms with Gasteiger partial charge in [0.2, 0.25) is 0 Å². The number of hydrogen-bond donors (Lipinski definition) is 1. The zero-order valence-corrected chi connectivity index (χ0v) is 7.34. The van der Waals surface area contributed by atoms with Gasteiger partial charge < -0.3 is 5.73 Å². The highest BCUT2D eigenvalue weighted by atomic mass is 19.1. The monoisotopic (exact) mass is 168 g/mol. The van der Waals surface area contributed by atoms with E-state index in [-0.39, 0.29) is 11.2 Å². The van der Waals surface area contributed by atoms with Crippen LogP contribution in [-0.4, -0.2) is 11.5 Å². The molecule has 0 amide bonds. The summed E-state index contributed by atoms with van der Waals surface area (Å²) in [7, 11) is 0. The molecular weight excluding hydrogens is 155 g/mol. The van der Waals surface area contributed by atoms with E-state index in [1.165, 1.54) is 18.3 Å². The van der Waals surface area contributed by atoms with Crippen LogP contribution in [0, 0.1) is 5.82 Å². The molecule has 0 aliphatic rings. The lowest BCUT2D eigenvalue weighted by molar-refractivity contribution is 0.512. The molecule has 1 aromatic rings. The Hall–Kier alpha value is -0.960. The minimum atomic E-state index is -0.262. The van der Waals surface area contributed by atoms with Crippen molar-refractivity contribution >= 4 is 0 Å². The highest BCUT2D eigenvalue weighted by molar-refractivity contribution is 5.15. The maximum atomic E-state index is 12.8. The minimum Gasteiger partial charge on any atom is -0.330 e. The first-order chi connectivity index (χ1) is 5.56. The van der Waals surface area contributed by atoms with Crippen LogP contribution in [0.25, 0.3) is 0 Å². The molecule has 0 aliphatic heterocycles. The van der Waals surface area contributed by atoms with Gasteiger partial charge in [-0.25, -0.2) is 4.39 Å². The van der Waals surface area contributed by atoms with Crippen LogP contribution >= 0.6 is 0 Å². The molecule has 0 fully saturated rings. The van der Waals surface area contributed by atoms with Gasteiger partial charge in [-0.2, -0.15) is 0 Å². The van der Waals surface area contributed by atoms with Gasteiger partial charge in [-0.15, -0.1) is 0 Å². The number of pyridine rings is 1. The second-order valence-electron chi connectivity index (χ2n) is 3.45. The van der Waals surface area contributed by atoms with Crippen molar-refractivity contribution in [1.82, 2.24) is 4.98 Å². The zero-order valence-electron chi connectivity index (χ0n) is 7.34. The Kier molecular flexibility index (Phi) is 2.43. The molecule has 0 bridgehead atoms. The molecule has 0 saturated carbocycles. The molecule has 1 rings (SSSR count). The number of aromatic nitrogens is 1. The van der Waals surface area contributed by atoms with Gasteiger partial charge in [0.05, 0.1) is 5.69 Å². The van der Waals surface area contributed by atoms with Gasteiger partial charge in [0.25, 0.3) is 0 Å². The second kappa shape index (κ2) is 3.19. The van der Waals surface area contributed by atoms with Crippen LogP contribution in [0.15, 0.2) is 18.3 Å². The molecule has 0 unspecified atom stereocenters. The van der Waals surface area contributed by atoms with Crippen LogP contribution in [0.2, 0.25) is 0 Å². The molecule has 1 aromatic heterocycles. The molecule has 0 spiro atoms. The molecule has 0 aliphatic carbocycles. The molecule has 0 atom stereocenters. The van der Waals surface area contributed by atoms with Gasteiger partial charge >= 0.3 is 0 Å². The van der Waals surface area contributed by atoms with Gasteiger partial charge in [-0.1, -0.05) is 13.8 Å². The first kappa shape index (κ1) is 9.13. The van der Waals surface area contributed by atoms with E-state index in [1.54, 1.807) is 0 Å². The first-order valence-electron chi connectivity index (χ1n) is 3.88. The van der Waals surface area contributed by atoms with Gasteiger partial charge in [-0.3, -0.25) is 4.98 Å². The third-order valence-corrected chi connectivity index (χ3v) is 1.93. The lowest BCUT2D eigenvalue weighted by Crippen LogP contribution is -2.29. The normalized spacial score (nSPS) is 11.7. The summed E-state index contributed by atoms with van der Waals surface area (Å²) in [5.41, 5.74) is 5.98. The molecule has 3 heteroatoms. The topological polar surface area (TPSA) is 38.9 Å². The van der Waals surface area contributed by atoms with Crippen LogP contribution in [0.4, 0.5) is 4.39 Å². The Morgan fingerprint density at radius 2 is 2.25 bits per heavy atom. The minimum absolute atomic E-state index is 0.248. The van der Waals surface area contributed by atoms with Gasteiger partial charge in [-0.05, 0) is 12.1 Å². The summed E-state index contributed by atoms with van der Waals surface area (Å²) < 4.78 is 12.8. The summed E-state index contributed by atoms with van der Waals surface area (Å²) in [4.78, 5) is 4.06. The van der Waals surface area contributed by atoms with E-state index in [2.05, 4.69) is 4.98 Å². The lowest BCUT2D eigenvalue weighted by atomic mass is 9.89. The Morgan fingerprint density at radius 3 is 2.75 bits per heavy atom. The van der Waals surface area contributed by atoms with E-state index >= 15 is 0 Å². The van der Waals surface area contributed by atoms with E-state index in [1.807, 2.05) is 13.8 Å². The van der Waals surface area contributed by atoms with Crippen molar-refractivity contribution in [3.05, 3.63) is 29.8 Å². The van der Waals surface area contributed by atoms with Crippen LogP contribution in [-0.2, 0) is 5.41 Å². The van der Waals surface area contributed by atoms with E-state index in [9.17, 15) is 4.39 Å². The Labute approximate surface area is 71.6 Å². The molecule has 1 heterocycles. The highest BCUT2D eigenvalue weighted by Crippen LogP contribution is 2.19. The quantitative estimate of drug-likeness (QED) is 0.726. The number of nitrogens with two attached hydrogens (primary N) is 1. The molecular formula is C9H13FN2. The van der Waals surface area contributed by atoms with Gasteiger partial charge in [0, 0.05) is 18.2 Å². The van der Waals surface area contributed by atoms with Crippen LogP contribution in [0.5, 0.6) is 0 Å². The van der Waals surface area contributed by atoms with Crippen molar-refractivity contribution in [2.75, 3.05) is 6.54 Å². The molecule has 2 nitrogen and oxygen atoms in total. The number of nitrogens with zero attached hydrogens (tertiary/aromatic N) is 1. The summed E-state index contributed by atoms with van der Waals surface area (Å²) in [5.74, 6) is -0.262. The number of rotatable bonds is 2. The summed E-state index contributed by atoms with van der Waals surface area (Å²) in [6.45, 7) is 4.34. The average Bonchev–Trinajstić information content (AvgIpc) is 2.05. The van der Waals surface area contributed by atoms with Crippen molar-refractivity contribution in [2.45, 2.75) is 19.3 Å². The fourth-order valence-electron chi connectivity index (χ4n) is 0.879. The van der Waals surface area contributed by atoms with Crippen LogP contribution in [0.3, 0.4) is 0 Å². The van der Waals surface area contributed by atoms with Crippen LogP contribution in [0.1, 0.15) is 19.5 Å². The van der Waals surface area contributed by atoms with E-state index in [0.29, 0.717) is 12.2 Å². The van der Waals surface area contributed by atoms with Crippen molar-refractivity contribution in [3.63, 3.8) is 0 Å². The smallest absolute Gasteiger partial charge is 0.126 e. The molecule has 0 saturated heterocycles. The Morgan fingerprint density at radius 1 is 1.58 bits per heavy atom. The standard InChI is InChI=1S/C9H13FN2/c1-9(2,6-11)8-5-7(10)3-4-12-8/h3-5H,6,11H2,1-2H3. The highest BCUT2D eigenvalue weighted by Gasteiger charge is 2.20. The van der Waals surface area contributed by atoms with Gasteiger partial charge in [0.1, 0.15) is 5.82 Å². The second-order valence-corrected chi connectivity index (χ2v) is 3.45. The van der Waals surface area contributed by atoms with Gasteiger partial charge in [0.15, 0.2) is 0 Å². The summed E-state index contributed by atoms with van der Waals surface area (Å²) in [6.07, 6.45) is 1.46. The van der Waals surface area contributed by atoms with Crippen molar-refractivity contribution < 1.29 is 4.39 Å². The molecule has 66 valence electrons. The lowest BCUT2D eigenvalue weighted by Gasteiger charge is -2.21. The van der Waals surface area contributed by atoms with Crippen LogP contribution < -0.4 is 5.73 Å². The number of hydrogen-bond acceptors (Lipinski definition) is 2. The third kappa shape index (κ3) is 1.80. The van der Waals surface area contributed by atoms with Crippen molar-refractivity contribution in [1.29, 1.82) is 0 Å². The summed E-state index contributed by atoms with van der Waals surface area (Å²) >= 11 is 0. The number of halogens is 1. The van der Waals surface area contributed by atoms with E-state index < -0.39 is 0 Å². The third-order valence-electron chi connectivity index (χ3n) is 1.93. The van der Waals surface area contributed by atoms with E-state index in [4.69, 9.17) is 5.73 Å². The molecule has 0 aromatic carbocycles. The van der Waals surface area contributed by atoms with E-state index in [0.717, 1.165) is 0 Å². The summed E-state index contributed by atoms with van der Waals surface area (Å²) in [6, 6.07) is 2.75. The fourth-order valence-corrected chi connectivity index (χ4v) is 0.879. The summed E-state index contributed by atoms with van der Waals surface area (Å²) in [5, 5.41) is 0. The maximum Gasteiger partial charge on any atom is 0.126 e. The molecule has 0 radical (unpaired) electrons. The zero-order chi connectivity index (χ0) is 9.19. The molecule has 12 heavy (non-hydrogen) atoms. The van der Waals surface area contributed by atoms with Crippen molar-refractivity contribution in [3.8, 4) is 0 Å². The fraction of sp³-hybridized carbons (Fsp3) is 0.444. The largest absolute Gasteiger partial charge is 0.330 e. The Bertz CT molecular complexity index is 271. The predicted molar refractivity (Wildman–Crippen MR) is 46.3 cm³/mol. The predicted octanol–water partition coefficient (Wildman–Crippen LogP) is 1.46.